The van der Waals surface area contributed by atoms with Crippen molar-refractivity contribution < 1.29 is 38.1 Å². The van der Waals surface area contributed by atoms with E-state index in [1.807, 2.05) is 0 Å². The van der Waals surface area contributed by atoms with E-state index in [9.17, 15) is 19.2 Å². The molecule has 0 aromatic rings. The summed E-state index contributed by atoms with van der Waals surface area (Å²) in [6.45, 7) is 4.78. The topological polar surface area (TPSA) is 105 Å². The molecule has 4 atom stereocenters. The summed E-state index contributed by atoms with van der Waals surface area (Å²) < 4.78 is 20.4. The zero-order valence-electron chi connectivity index (χ0n) is 12.7. The highest BCUT2D eigenvalue weighted by atomic mass is 32.2. The fraction of sp³-hybridized carbons (Fsp3) is 0.692. The van der Waals surface area contributed by atoms with Crippen LogP contribution in [0.15, 0.2) is 0 Å². The molecule has 1 aliphatic rings. The van der Waals surface area contributed by atoms with Crippen molar-refractivity contribution in [3.8, 4) is 0 Å². The van der Waals surface area contributed by atoms with E-state index in [4.69, 9.17) is 18.9 Å². The molecule has 1 saturated heterocycles. The molecule has 0 saturated carbocycles. The van der Waals surface area contributed by atoms with E-state index in [0.29, 0.717) is 0 Å². The monoisotopic (exact) mass is 334 g/mol. The molecule has 1 rings (SSSR count). The highest BCUT2D eigenvalue weighted by Gasteiger charge is 2.47. The Bertz CT molecular complexity index is 421. The molecule has 124 valence electrons. The lowest BCUT2D eigenvalue weighted by molar-refractivity contribution is -0.191. The van der Waals surface area contributed by atoms with Gasteiger partial charge in [0.2, 0.25) is 0 Å². The van der Waals surface area contributed by atoms with Crippen molar-refractivity contribution in [2.45, 2.75) is 51.4 Å². The summed E-state index contributed by atoms with van der Waals surface area (Å²) in [5.41, 5.74) is -0.849. The van der Waals surface area contributed by atoms with Crippen LogP contribution >= 0.6 is 11.8 Å². The first kappa shape index (κ1) is 18.3. The Morgan fingerprint density at radius 2 is 1.18 bits per heavy atom. The molecule has 0 aromatic carbocycles. The maximum absolute atomic E-state index is 11.3. The zero-order chi connectivity index (χ0) is 16.9. The summed E-state index contributed by atoms with van der Waals surface area (Å²) in [6, 6.07) is 0. The summed E-state index contributed by atoms with van der Waals surface area (Å²) in [5.74, 6) is -2.17. The van der Waals surface area contributed by atoms with Gasteiger partial charge in [0.15, 0.2) is 23.7 Å². The molecular weight excluding hydrogens is 316 g/mol. The van der Waals surface area contributed by atoms with Crippen LogP contribution in [0, 0.1) is 0 Å². The van der Waals surface area contributed by atoms with Gasteiger partial charge < -0.3 is 18.9 Å². The van der Waals surface area contributed by atoms with E-state index in [0.717, 1.165) is 11.8 Å². The van der Waals surface area contributed by atoms with Gasteiger partial charge in [-0.2, -0.15) is 0 Å². The van der Waals surface area contributed by atoms with Crippen molar-refractivity contribution in [2.24, 2.45) is 0 Å². The summed E-state index contributed by atoms with van der Waals surface area (Å²) in [7, 11) is 0. The predicted molar refractivity (Wildman–Crippen MR) is 74.7 cm³/mol. The van der Waals surface area contributed by atoms with Gasteiger partial charge in [-0.05, 0) is 0 Å². The quantitative estimate of drug-likeness (QED) is 0.534. The fourth-order valence-electron chi connectivity index (χ4n) is 1.97. The molecule has 1 heterocycles. The summed E-state index contributed by atoms with van der Waals surface area (Å²) >= 11 is 1.13. The number of thioether (sulfide) groups is 1. The molecule has 1 unspecified atom stereocenters. The Balaban J connectivity index is 3.03. The van der Waals surface area contributed by atoms with Crippen LogP contribution in [-0.2, 0) is 38.1 Å². The largest absolute Gasteiger partial charge is 0.458 e. The van der Waals surface area contributed by atoms with Crippen molar-refractivity contribution in [1.82, 2.24) is 0 Å². The van der Waals surface area contributed by atoms with E-state index in [1.54, 1.807) is 0 Å². The van der Waals surface area contributed by atoms with E-state index < -0.39 is 47.6 Å². The second-order valence-corrected chi connectivity index (χ2v) is 5.74. The van der Waals surface area contributed by atoms with Crippen molar-refractivity contribution in [1.29, 1.82) is 0 Å². The normalized spacial score (nSPS) is 27.5. The Hall–Kier alpha value is -1.77. The first-order valence-electron chi connectivity index (χ1n) is 6.51. The van der Waals surface area contributed by atoms with Crippen LogP contribution in [0.3, 0.4) is 0 Å². The van der Waals surface area contributed by atoms with Gasteiger partial charge in [0, 0.05) is 33.4 Å². The molecule has 0 aliphatic carbocycles. The highest BCUT2D eigenvalue weighted by Crippen LogP contribution is 2.33. The highest BCUT2D eigenvalue weighted by molar-refractivity contribution is 7.99. The molecule has 0 radical (unpaired) electrons. The van der Waals surface area contributed by atoms with Crippen molar-refractivity contribution in [3.05, 3.63) is 0 Å². The molecule has 1 aliphatic heterocycles. The Kier molecular flexibility index (Phi) is 6.66. The first-order chi connectivity index (χ1) is 10.2. The van der Waals surface area contributed by atoms with Crippen LogP contribution in [0.4, 0.5) is 0 Å². The Morgan fingerprint density at radius 1 is 0.727 bits per heavy atom. The van der Waals surface area contributed by atoms with E-state index >= 15 is 0 Å². The second kappa shape index (κ2) is 8.02. The predicted octanol–water partition coefficient (Wildman–Crippen LogP) is 0.417. The number of hydrogen-bond donors (Lipinski definition) is 0. The van der Waals surface area contributed by atoms with Gasteiger partial charge in [-0.3, -0.25) is 19.2 Å². The first-order valence-corrected chi connectivity index (χ1v) is 7.56. The maximum Gasteiger partial charge on any atom is 0.303 e. The van der Waals surface area contributed by atoms with Crippen LogP contribution in [0.1, 0.15) is 27.7 Å². The summed E-state index contributed by atoms with van der Waals surface area (Å²) in [5, 5.41) is 0. The van der Waals surface area contributed by atoms with Gasteiger partial charge in [-0.25, -0.2) is 0 Å². The van der Waals surface area contributed by atoms with E-state index in [-0.39, 0.29) is 5.75 Å². The molecule has 0 bridgehead atoms. The zero-order valence-corrected chi connectivity index (χ0v) is 13.5. The van der Waals surface area contributed by atoms with Crippen LogP contribution in [0.25, 0.3) is 0 Å². The minimum absolute atomic E-state index is 0.229. The van der Waals surface area contributed by atoms with Crippen LogP contribution in [-0.4, -0.2) is 53.4 Å². The third kappa shape index (κ3) is 5.55. The average molecular weight is 334 g/mol. The molecule has 22 heavy (non-hydrogen) atoms. The SMILES string of the molecule is CC(=O)OC1SC[C@H](OC(C)=O)[C@@H](OC(C)=O)[C@@H]1OC(C)=O. The number of carbonyl (C=O) groups excluding carboxylic acids is 4. The average Bonchev–Trinajstić information content (AvgIpc) is 2.34. The molecule has 0 amide bonds. The standard InChI is InChI=1S/C13H18O8S/c1-6(14)18-10-5-22-13(21-9(4)17)12(20-8(3)16)11(10)19-7(2)15/h10-13H,5H2,1-4H3/t10-,11+,12-,13?/m0/s1. The molecule has 9 heteroatoms. The third-order valence-corrected chi connectivity index (χ3v) is 3.80. The van der Waals surface area contributed by atoms with Gasteiger partial charge in [0.05, 0.1) is 0 Å². The number of esters is 4. The van der Waals surface area contributed by atoms with Crippen molar-refractivity contribution in [3.63, 3.8) is 0 Å². The molecular formula is C13H18O8S. The molecule has 0 aromatic heterocycles. The number of ether oxygens (including phenoxy) is 4. The van der Waals surface area contributed by atoms with Crippen molar-refractivity contribution >= 4 is 35.6 Å². The second-order valence-electron chi connectivity index (χ2n) is 4.61. The van der Waals surface area contributed by atoms with Crippen molar-refractivity contribution in [2.75, 3.05) is 5.75 Å². The number of rotatable bonds is 4. The lowest BCUT2D eigenvalue weighted by Gasteiger charge is -2.39. The number of hydrogen-bond acceptors (Lipinski definition) is 9. The number of carbonyl (C=O) groups is 4. The summed E-state index contributed by atoms with van der Waals surface area (Å²) in [4.78, 5) is 44.9. The Morgan fingerprint density at radius 3 is 1.64 bits per heavy atom. The lowest BCUT2D eigenvalue weighted by Crippen LogP contribution is -2.55. The smallest absolute Gasteiger partial charge is 0.303 e. The minimum Gasteiger partial charge on any atom is -0.458 e. The molecule has 1 fully saturated rings. The van der Waals surface area contributed by atoms with Gasteiger partial charge in [0.1, 0.15) is 0 Å². The van der Waals surface area contributed by atoms with E-state index in [1.165, 1.54) is 27.7 Å². The maximum atomic E-state index is 11.3. The van der Waals surface area contributed by atoms with Crippen LogP contribution in [0.5, 0.6) is 0 Å². The van der Waals surface area contributed by atoms with Gasteiger partial charge in [-0.1, -0.05) is 0 Å². The van der Waals surface area contributed by atoms with Gasteiger partial charge in [0.25, 0.3) is 0 Å². The Labute approximate surface area is 131 Å². The van der Waals surface area contributed by atoms with Crippen LogP contribution < -0.4 is 0 Å². The summed E-state index contributed by atoms with van der Waals surface area (Å²) in [6.07, 6.45) is -2.91. The molecule has 8 nitrogen and oxygen atoms in total. The lowest BCUT2D eigenvalue weighted by atomic mass is 10.1. The van der Waals surface area contributed by atoms with Gasteiger partial charge in [-0.15, -0.1) is 11.8 Å². The molecule has 0 spiro atoms. The minimum atomic E-state index is -1.06. The van der Waals surface area contributed by atoms with E-state index in [2.05, 4.69) is 0 Å². The van der Waals surface area contributed by atoms with Gasteiger partial charge >= 0.3 is 23.9 Å². The fourth-order valence-corrected chi connectivity index (χ4v) is 3.21. The molecule has 0 N–H and O–H groups in total. The van der Waals surface area contributed by atoms with Crippen LogP contribution in [0.2, 0.25) is 0 Å². The third-order valence-electron chi connectivity index (χ3n) is 2.59.